The monoisotopic (exact) mass is 406 g/mol. The van der Waals surface area contributed by atoms with E-state index in [1.807, 2.05) is 0 Å². The van der Waals surface area contributed by atoms with Crippen LogP contribution >= 0.6 is 0 Å². The minimum Gasteiger partial charge on any atom is -0.311 e. The summed E-state index contributed by atoms with van der Waals surface area (Å²) < 4.78 is 38.9. The average molecular weight is 406 g/mol. The molecule has 10 heteroatoms. The topological polar surface area (TPSA) is 101 Å². The van der Waals surface area contributed by atoms with Gasteiger partial charge in [0.2, 0.25) is 11.8 Å². The Bertz CT molecular complexity index is 1040. The number of halogens is 1. The van der Waals surface area contributed by atoms with Gasteiger partial charge in [-0.2, -0.15) is 5.10 Å². The van der Waals surface area contributed by atoms with E-state index in [9.17, 15) is 22.4 Å². The lowest BCUT2D eigenvalue weighted by molar-refractivity contribution is -0.122. The number of carbonyl (C=O) groups is 2. The van der Waals surface area contributed by atoms with Crippen molar-refractivity contribution in [1.82, 2.24) is 9.78 Å². The maximum atomic E-state index is 14.0. The van der Waals surface area contributed by atoms with Crippen molar-refractivity contribution < 1.29 is 22.4 Å². The molecule has 1 N–H and O–H groups in total. The van der Waals surface area contributed by atoms with Crippen LogP contribution in [0.4, 0.5) is 15.9 Å². The Morgan fingerprint density at radius 1 is 1.25 bits per heavy atom. The zero-order chi connectivity index (χ0) is 19.9. The van der Waals surface area contributed by atoms with Crippen molar-refractivity contribution in [3.05, 3.63) is 42.3 Å². The molecule has 3 heterocycles. The molecule has 2 aliphatic rings. The molecule has 4 rings (SSSR count). The molecule has 2 aromatic rings. The predicted molar refractivity (Wildman–Crippen MR) is 100 cm³/mol. The Morgan fingerprint density at radius 3 is 2.75 bits per heavy atom. The summed E-state index contributed by atoms with van der Waals surface area (Å²) in [4.78, 5) is 26.2. The SMILES string of the molecule is O=C(Nc1ccnn1C1CCS(=O)(=O)C1)C1CC(=O)N(c2ccccc2F)C1. The highest BCUT2D eigenvalue weighted by molar-refractivity contribution is 7.91. The first-order chi connectivity index (χ1) is 13.3. The van der Waals surface area contributed by atoms with Gasteiger partial charge in [-0.05, 0) is 18.6 Å². The molecule has 0 aliphatic carbocycles. The molecular formula is C18H19FN4O4S. The molecule has 8 nitrogen and oxygen atoms in total. The summed E-state index contributed by atoms with van der Waals surface area (Å²) in [6.45, 7) is 0.0809. The first kappa shape index (κ1) is 18.6. The van der Waals surface area contributed by atoms with Gasteiger partial charge in [0.1, 0.15) is 11.6 Å². The van der Waals surface area contributed by atoms with Crippen molar-refractivity contribution in [3.8, 4) is 0 Å². The van der Waals surface area contributed by atoms with Crippen LogP contribution in [0.25, 0.3) is 0 Å². The quantitative estimate of drug-likeness (QED) is 0.827. The third-order valence-corrected chi connectivity index (χ3v) is 6.87. The van der Waals surface area contributed by atoms with Crippen molar-refractivity contribution in [3.63, 3.8) is 0 Å². The van der Waals surface area contributed by atoms with Crippen LogP contribution in [-0.4, -0.2) is 48.1 Å². The van der Waals surface area contributed by atoms with Crippen molar-refractivity contribution in [1.29, 1.82) is 0 Å². The van der Waals surface area contributed by atoms with E-state index in [4.69, 9.17) is 0 Å². The maximum Gasteiger partial charge on any atom is 0.230 e. The second kappa shape index (κ2) is 7.01. The zero-order valence-corrected chi connectivity index (χ0v) is 15.7. The highest BCUT2D eigenvalue weighted by Crippen LogP contribution is 2.29. The summed E-state index contributed by atoms with van der Waals surface area (Å²) >= 11 is 0. The standard InChI is InChI=1S/C18H19FN4O4S/c19-14-3-1-2-4-15(14)22-10-12(9-17(22)24)18(25)21-16-5-7-20-23(16)13-6-8-28(26,27)11-13/h1-5,7,12-13H,6,8-11H2,(H,21,25). The number of para-hydroxylation sites is 1. The van der Waals surface area contributed by atoms with Crippen molar-refractivity contribution in [2.45, 2.75) is 18.9 Å². The smallest absolute Gasteiger partial charge is 0.230 e. The van der Waals surface area contributed by atoms with Crippen LogP contribution in [0.2, 0.25) is 0 Å². The number of sulfone groups is 1. The van der Waals surface area contributed by atoms with Crippen LogP contribution in [-0.2, 0) is 19.4 Å². The molecule has 148 valence electrons. The molecule has 2 aliphatic heterocycles. The first-order valence-corrected chi connectivity index (χ1v) is 10.8. The van der Waals surface area contributed by atoms with E-state index in [2.05, 4.69) is 10.4 Å². The van der Waals surface area contributed by atoms with E-state index in [1.54, 1.807) is 12.1 Å². The van der Waals surface area contributed by atoms with Crippen LogP contribution in [0.3, 0.4) is 0 Å². The number of benzene rings is 1. The molecule has 2 unspecified atom stereocenters. The molecule has 0 spiro atoms. The fourth-order valence-electron chi connectivity index (χ4n) is 3.69. The number of hydrogen-bond donors (Lipinski definition) is 1. The fourth-order valence-corrected chi connectivity index (χ4v) is 5.38. The maximum absolute atomic E-state index is 14.0. The third kappa shape index (κ3) is 3.51. The number of amides is 2. The molecule has 0 bridgehead atoms. The zero-order valence-electron chi connectivity index (χ0n) is 14.9. The van der Waals surface area contributed by atoms with Gasteiger partial charge in [0.15, 0.2) is 9.84 Å². The number of nitrogens with zero attached hydrogens (tertiary/aromatic N) is 3. The van der Waals surface area contributed by atoms with Gasteiger partial charge in [-0.25, -0.2) is 17.5 Å². The van der Waals surface area contributed by atoms with Gasteiger partial charge < -0.3 is 10.2 Å². The molecule has 2 saturated heterocycles. The molecular weight excluding hydrogens is 387 g/mol. The van der Waals surface area contributed by atoms with Crippen molar-refractivity contribution >= 4 is 33.2 Å². The Kier molecular flexibility index (Phi) is 4.66. The molecule has 0 radical (unpaired) electrons. The average Bonchev–Trinajstić information content (AvgIpc) is 3.34. The minimum atomic E-state index is -3.09. The van der Waals surface area contributed by atoms with Crippen LogP contribution < -0.4 is 10.2 Å². The Morgan fingerprint density at radius 2 is 2.04 bits per heavy atom. The van der Waals surface area contributed by atoms with E-state index in [0.29, 0.717) is 12.2 Å². The highest BCUT2D eigenvalue weighted by atomic mass is 32.2. The van der Waals surface area contributed by atoms with E-state index < -0.39 is 21.6 Å². The Balaban J connectivity index is 1.46. The van der Waals surface area contributed by atoms with Gasteiger partial charge in [0, 0.05) is 19.0 Å². The number of anilines is 2. The lowest BCUT2D eigenvalue weighted by Crippen LogP contribution is -2.29. The number of rotatable bonds is 4. The highest BCUT2D eigenvalue weighted by Gasteiger charge is 2.37. The molecule has 2 amide bonds. The summed E-state index contributed by atoms with van der Waals surface area (Å²) in [5.41, 5.74) is 0.156. The third-order valence-electron chi connectivity index (χ3n) is 5.11. The van der Waals surface area contributed by atoms with Crippen LogP contribution in [0, 0.1) is 11.7 Å². The normalized spacial score (nSPS) is 23.9. The second-order valence-corrected chi connectivity index (χ2v) is 9.29. The fraction of sp³-hybridized carbons (Fsp3) is 0.389. The van der Waals surface area contributed by atoms with Crippen molar-refractivity contribution in [2.75, 3.05) is 28.3 Å². The van der Waals surface area contributed by atoms with Gasteiger partial charge in [-0.3, -0.25) is 9.59 Å². The summed E-state index contributed by atoms with van der Waals surface area (Å²) in [5, 5.41) is 6.88. The number of carbonyl (C=O) groups excluding carboxylic acids is 2. The Hall–Kier alpha value is -2.75. The van der Waals surface area contributed by atoms with E-state index >= 15 is 0 Å². The first-order valence-electron chi connectivity index (χ1n) is 8.94. The van der Waals surface area contributed by atoms with Gasteiger partial charge in [0.25, 0.3) is 0 Å². The van der Waals surface area contributed by atoms with E-state index in [0.717, 1.165) is 0 Å². The van der Waals surface area contributed by atoms with Crippen LogP contribution in [0.1, 0.15) is 18.9 Å². The van der Waals surface area contributed by atoms with Gasteiger partial charge in [-0.15, -0.1) is 0 Å². The van der Waals surface area contributed by atoms with E-state index in [-0.39, 0.29) is 48.0 Å². The number of aromatic nitrogens is 2. The Labute approximate surface area is 161 Å². The predicted octanol–water partition coefficient (Wildman–Crippen LogP) is 1.37. The molecule has 2 fully saturated rings. The van der Waals surface area contributed by atoms with Gasteiger partial charge in [0.05, 0.1) is 35.3 Å². The molecule has 0 saturated carbocycles. The summed E-state index contributed by atoms with van der Waals surface area (Å²) in [6.07, 6.45) is 1.91. The second-order valence-electron chi connectivity index (χ2n) is 7.06. The van der Waals surface area contributed by atoms with Gasteiger partial charge in [-0.1, -0.05) is 12.1 Å². The van der Waals surface area contributed by atoms with Crippen molar-refractivity contribution in [2.24, 2.45) is 5.92 Å². The molecule has 2 atom stereocenters. The minimum absolute atomic E-state index is 0.0134. The van der Waals surface area contributed by atoms with Gasteiger partial charge >= 0.3 is 0 Å². The summed E-state index contributed by atoms with van der Waals surface area (Å²) in [5.74, 6) is -1.38. The molecule has 28 heavy (non-hydrogen) atoms. The lowest BCUT2D eigenvalue weighted by Gasteiger charge is -2.18. The summed E-state index contributed by atoms with van der Waals surface area (Å²) in [6, 6.07) is 7.21. The lowest BCUT2D eigenvalue weighted by atomic mass is 10.1. The molecule has 1 aromatic heterocycles. The largest absolute Gasteiger partial charge is 0.311 e. The van der Waals surface area contributed by atoms with E-state index in [1.165, 1.54) is 34.0 Å². The molecule has 1 aromatic carbocycles. The van der Waals surface area contributed by atoms with Crippen LogP contribution in [0.5, 0.6) is 0 Å². The number of hydrogen-bond acceptors (Lipinski definition) is 5. The van der Waals surface area contributed by atoms with Crippen LogP contribution in [0.15, 0.2) is 36.5 Å². The number of nitrogens with one attached hydrogen (secondary N) is 1. The summed E-state index contributed by atoms with van der Waals surface area (Å²) in [7, 11) is -3.09.